The van der Waals surface area contributed by atoms with Gasteiger partial charge in [-0.2, -0.15) is 0 Å². The summed E-state index contributed by atoms with van der Waals surface area (Å²) < 4.78 is 17.9. The molecular weight excluding hydrogens is 251 g/mol. The lowest BCUT2D eigenvalue weighted by atomic mass is 10.1. The number of amides is 1. The van der Waals surface area contributed by atoms with Gasteiger partial charge < -0.3 is 20.5 Å². The Kier molecular flexibility index (Phi) is 4.84. The van der Waals surface area contributed by atoms with Gasteiger partial charge in [-0.15, -0.1) is 0 Å². The van der Waals surface area contributed by atoms with Crippen LogP contribution in [0.15, 0.2) is 24.3 Å². The molecule has 0 saturated carbocycles. The summed E-state index contributed by atoms with van der Waals surface area (Å²) in [5.41, 5.74) is 0.564. The predicted octanol–water partition coefficient (Wildman–Crippen LogP) is -0.0363. The first-order chi connectivity index (χ1) is 9.16. The first-order valence-corrected chi connectivity index (χ1v) is 6.19. The molecule has 2 unspecified atom stereocenters. The average molecular weight is 268 g/mol. The summed E-state index contributed by atoms with van der Waals surface area (Å²) in [4.78, 5) is 11.8. The number of carbonyl (C=O) groups is 1. The van der Waals surface area contributed by atoms with Crippen molar-refractivity contribution in [2.75, 3.05) is 26.3 Å². The van der Waals surface area contributed by atoms with E-state index in [1.165, 1.54) is 24.3 Å². The maximum absolute atomic E-state index is 12.7. The third-order valence-electron chi connectivity index (χ3n) is 2.96. The molecule has 0 spiro atoms. The summed E-state index contributed by atoms with van der Waals surface area (Å²) in [5.74, 6) is -0.565. The largest absolute Gasteiger partial charge is 0.387 e. The summed E-state index contributed by atoms with van der Waals surface area (Å²) in [5, 5.41) is 15.5. The Morgan fingerprint density at radius 1 is 1.53 bits per heavy atom. The number of benzene rings is 1. The molecule has 1 amide bonds. The molecule has 1 aliphatic heterocycles. The molecule has 5 nitrogen and oxygen atoms in total. The number of halogens is 1. The minimum atomic E-state index is -0.853. The zero-order valence-electron chi connectivity index (χ0n) is 10.4. The van der Waals surface area contributed by atoms with Crippen LogP contribution in [-0.4, -0.2) is 43.4 Å². The maximum atomic E-state index is 12.7. The van der Waals surface area contributed by atoms with E-state index in [-0.39, 0.29) is 24.3 Å². The molecule has 0 aromatic heterocycles. The molecule has 1 aliphatic rings. The highest BCUT2D eigenvalue weighted by molar-refractivity contribution is 5.82. The molecule has 0 radical (unpaired) electrons. The van der Waals surface area contributed by atoms with Gasteiger partial charge in [-0.3, -0.25) is 4.79 Å². The summed E-state index contributed by atoms with van der Waals surface area (Å²) in [6.45, 7) is 1.65. The first-order valence-electron chi connectivity index (χ1n) is 6.19. The normalized spacial score (nSPS) is 20.8. The van der Waals surface area contributed by atoms with Crippen LogP contribution in [-0.2, 0) is 9.53 Å². The molecule has 1 heterocycles. The van der Waals surface area contributed by atoms with E-state index < -0.39 is 6.10 Å². The molecule has 1 aromatic carbocycles. The van der Waals surface area contributed by atoms with Gasteiger partial charge in [0.2, 0.25) is 5.91 Å². The fourth-order valence-electron chi connectivity index (χ4n) is 1.86. The minimum Gasteiger partial charge on any atom is -0.387 e. The summed E-state index contributed by atoms with van der Waals surface area (Å²) in [6, 6.07) is 5.16. The van der Waals surface area contributed by atoms with Crippen LogP contribution in [0.1, 0.15) is 11.7 Å². The predicted molar refractivity (Wildman–Crippen MR) is 67.0 cm³/mol. The van der Waals surface area contributed by atoms with Crippen LogP contribution < -0.4 is 10.6 Å². The SMILES string of the molecule is O=C(NCC(O)c1ccc(F)cc1)C1COCCN1. The Morgan fingerprint density at radius 3 is 2.89 bits per heavy atom. The molecule has 3 N–H and O–H groups in total. The van der Waals surface area contributed by atoms with Gasteiger partial charge in [0, 0.05) is 13.1 Å². The van der Waals surface area contributed by atoms with Gasteiger partial charge in [0.1, 0.15) is 11.9 Å². The van der Waals surface area contributed by atoms with Crippen LogP contribution in [0.3, 0.4) is 0 Å². The lowest BCUT2D eigenvalue weighted by Gasteiger charge is -2.23. The van der Waals surface area contributed by atoms with Crippen LogP contribution in [0, 0.1) is 5.82 Å². The number of aliphatic hydroxyl groups excluding tert-OH is 1. The Labute approximate surface area is 110 Å². The van der Waals surface area contributed by atoms with Gasteiger partial charge in [0.05, 0.1) is 19.3 Å². The quantitative estimate of drug-likeness (QED) is 0.717. The van der Waals surface area contributed by atoms with Crippen molar-refractivity contribution < 1.29 is 19.0 Å². The Bertz CT molecular complexity index is 418. The number of carbonyl (C=O) groups excluding carboxylic acids is 1. The van der Waals surface area contributed by atoms with E-state index in [0.29, 0.717) is 25.3 Å². The fraction of sp³-hybridized carbons (Fsp3) is 0.462. The van der Waals surface area contributed by atoms with E-state index >= 15 is 0 Å². The Morgan fingerprint density at radius 2 is 2.26 bits per heavy atom. The topological polar surface area (TPSA) is 70.6 Å². The minimum absolute atomic E-state index is 0.0860. The fourth-order valence-corrected chi connectivity index (χ4v) is 1.86. The molecule has 0 aliphatic carbocycles. The van der Waals surface area contributed by atoms with Crippen molar-refractivity contribution in [1.29, 1.82) is 0 Å². The number of aliphatic hydroxyl groups is 1. The van der Waals surface area contributed by atoms with E-state index in [1.807, 2.05) is 0 Å². The summed E-state index contributed by atoms with van der Waals surface area (Å²) >= 11 is 0. The Balaban J connectivity index is 1.80. The number of nitrogens with one attached hydrogen (secondary N) is 2. The van der Waals surface area contributed by atoms with E-state index in [9.17, 15) is 14.3 Å². The summed E-state index contributed by atoms with van der Waals surface area (Å²) in [7, 11) is 0. The molecule has 104 valence electrons. The Hall–Kier alpha value is -1.50. The van der Waals surface area contributed by atoms with Crippen LogP contribution in [0.25, 0.3) is 0 Å². The maximum Gasteiger partial charge on any atom is 0.239 e. The van der Waals surface area contributed by atoms with E-state index in [1.54, 1.807) is 0 Å². The number of rotatable bonds is 4. The van der Waals surface area contributed by atoms with Crippen molar-refractivity contribution in [3.63, 3.8) is 0 Å². The highest BCUT2D eigenvalue weighted by Gasteiger charge is 2.21. The number of hydrogen-bond acceptors (Lipinski definition) is 4. The lowest BCUT2D eigenvalue weighted by Crippen LogP contribution is -2.51. The van der Waals surface area contributed by atoms with Gasteiger partial charge >= 0.3 is 0 Å². The van der Waals surface area contributed by atoms with Gasteiger partial charge in [-0.25, -0.2) is 4.39 Å². The van der Waals surface area contributed by atoms with E-state index in [0.717, 1.165) is 0 Å². The van der Waals surface area contributed by atoms with Crippen LogP contribution in [0.5, 0.6) is 0 Å². The highest BCUT2D eigenvalue weighted by Crippen LogP contribution is 2.12. The van der Waals surface area contributed by atoms with Crippen molar-refractivity contribution in [1.82, 2.24) is 10.6 Å². The van der Waals surface area contributed by atoms with E-state index in [4.69, 9.17) is 4.74 Å². The molecule has 1 fully saturated rings. The molecule has 1 saturated heterocycles. The number of morpholine rings is 1. The molecule has 2 atom stereocenters. The second kappa shape index (κ2) is 6.60. The monoisotopic (exact) mass is 268 g/mol. The lowest BCUT2D eigenvalue weighted by molar-refractivity contribution is -0.126. The molecule has 0 bridgehead atoms. The van der Waals surface area contributed by atoms with Crippen molar-refractivity contribution in [2.24, 2.45) is 0 Å². The highest BCUT2D eigenvalue weighted by atomic mass is 19.1. The van der Waals surface area contributed by atoms with Crippen molar-refractivity contribution in [3.05, 3.63) is 35.6 Å². The molecule has 1 aromatic rings. The summed E-state index contributed by atoms with van der Waals surface area (Å²) in [6.07, 6.45) is -0.853. The van der Waals surface area contributed by atoms with Gasteiger partial charge in [0.25, 0.3) is 0 Å². The average Bonchev–Trinajstić information content (AvgIpc) is 2.46. The van der Waals surface area contributed by atoms with Crippen LogP contribution in [0.2, 0.25) is 0 Å². The van der Waals surface area contributed by atoms with Crippen molar-refractivity contribution in [2.45, 2.75) is 12.1 Å². The van der Waals surface area contributed by atoms with Crippen LogP contribution >= 0.6 is 0 Å². The molecule has 2 rings (SSSR count). The third-order valence-corrected chi connectivity index (χ3v) is 2.96. The van der Waals surface area contributed by atoms with Gasteiger partial charge in [-0.1, -0.05) is 12.1 Å². The van der Waals surface area contributed by atoms with Crippen molar-refractivity contribution in [3.8, 4) is 0 Å². The third kappa shape index (κ3) is 3.99. The molecular formula is C13H17FN2O3. The second-order valence-electron chi connectivity index (χ2n) is 4.39. The first kappa shape index (κ1) is 13.9. The number of hydrogen-bond donors (Lipinski definition) is 3. The van der Waals surface area contributed by atoms with Crippen molar-refractivity contribution >= 4 is 5.91 Å². The van der Waals surface area contributed by atoms with Crippen LogP contribution in [0.4, 0.5) is 4.39 Å². The molecule has 6 heteroatoms. The zero-order valence-corrected chi connectivity index (χ0v) is 10.4. The van der Waals surface area contributed by atoms with Gasteiger partial charge in [-0.05, 0) is 17.7 Å². The number of ether oxygens (including phenoxy) is 1. The van der Waals surface area contributed by atoms with E-state index in [2.05, 4.69) is 10.6 Å². The smallest absolute Gasteiger partial charge is 0.239 e. The standard InChI is InChI=1S/C13H17FN2O3/c14-10-3-1-9(2-4-10)12(17)7-16-13(18)11-8-19-6-5-15-11/h1-4,11-12,15,17H,5-8H2,(H,16,18). The second-order valence-corrected chi connectivity index (χ2v) is 4.39. The van der Waals surface area contributed by atoms with Gasteiger partial charge in [0.15, 0.2) is 0 Å². The zero-order chi connectivity index (χ0) is 13.7. The molecule has 19 heavy (non-hydrogen) atoms.